The zero-order chi connectivity index (χ0) is 15.2. The molecule has 1 aliphatic rings. The molecule has 1 unspecified atom stereocenters. The normalized spacial score (nSPS) is 16.9. The second-order valence-electron chi connectivity index (χ2n) is 4.93. The zero-order valence-corrected chi connectivity index (χ0v) is 12.8. The minimum atomic E-state index is -0.116. The lowest BCUT2D eigenvalue weighted by Crippen LogP contribution is -2.44. The van der Waals surface area contributed by atoms with Crippen molar-refractivity contribution in [2.24, 2.45) is 4.99 Å². The van der Waals surface area contributed by atoms with Crippen LogP contribution in [0.5, 0.6) is 5.75 Å². The second kappa shape index (κ2) is 7.28. The van der Waals surface area contributed by atoms with Gasteiger partial charge >= 0.3 is 0 Å². The maximum Gasteiger partial charge on any atom is 0.153 e. The molecule has 21 heavy (non-hydrogen) atoms. The van der Waals surface area contributed by atoms with E-state index in [1.54, 1.807) is 14.2 Å². The summed E-state index contributed by atoms with van der Waals surface area (Å²) < 4.78 is 16.3. The van der Waals surface area contributed by atoms with Crippen molar-refractivity contribution in [1.29, 1.82) is 0 Å². The summed E-state index contributed by atoms with van der Waals surface area (Å²) in [6.07, 6.45) is -0.116. The first kappa shape index (κ1) is 15.6. The van der Waals surface area contributed by atoms with E-state index in [-0.39, 0.29) is 6.10 Å². The Balaban J connectivity index is 2.25. The molecule has 2 N–H and O–H groups in total. The molecule has 0 bridgehead atoms. The number of nitrogens with zero attached hydrogens (tertiary/aromatic N) is 2. The summed E-state index contributed by atoms with van der Waals surface area (Å²) in [6, 6.07) is 5.50. The summed E-state index contributed by atoms with van der Waals surface area (Å²) in [7, 11) is 3.38. The van der Waals surface area contributed by atoms with Gasteiger partial charge in [0, 0.05) is 33.0 Å². The topological polar surface area (TPSA) is 69.3 Å². The van der Waals surface area contributed by atoms with Crippen molar-refractivity contribution in [3.8, 4) is 5.75 Å². The van der Waals surface area contributed by atoms with E-state index in [9.17, 15) is 0 Å². The lowest BCUT2D eigenvalue weighted by atomic mass is 10.2. The molecule has 1 aromatic rings. The molecule has 1 heterocycles. The minimum Gasteiger partial charge on any atom is -0.481 e. The Morgan fingerprint density at radius 3 is 2.52 bits per heavy atom. The van der Waals surface area contributed by atoms with Gasteiger partial charge in [-0.15, -0.1) is 0 Å². The third-order valence-corrected chi connectivity index (χ3v) is 3.34. The Kier molecular flexibility index (Phi) is 5.41. The van der Waals surface area contributed by atoms with Gasteiger partial charge in [0.2, 0.25) is 0 Å². The average molecular weight is 293 g/mol. The highest BCUT2D eigenvalue weighted by molar-refractivity contribution is 5.91. The zero-order valence-electron chi connectivity index (χ0n) is 12.8. The van der Waals surface area contributed by atoms with E-state index in [2.05, 4.69) is 4.90 Å². The number of rotatable bonds is 6. The van der Waals surface area contributed by atoms with Gasteiger partial charge in [-0.05, 0) is 25.1 Å². The van der Waals surface area contributed by atoms with Gasteiger partial charge in [0.05, 0.1) is 13.2 Å². The van der Waals surface area contributed by atoms with Crippen molar-refractivity contribution in [2.45, 2.75) is 13.0 Å². The summed E-state index contributed by atoms with van der Waals surface area (Å²) in [6.45, 7) is 4.72. The number of nitrogen functional groups attached to an aromatic ring is 1. The van der Waals surface area contributed by atoms with Gasteiger partial charge in [-0.25, -0.2) is 4.99 Å². The smallest absolute Gasteiger partial charge is 0.153 e. The van der Waals surface area contributed by atoms with Gasteiger partial charge < -0.3 is 24.8 Å². The molecule has 1 aliphatic heterocycles. The lowest BCUT2D eigenvalue weighted by Gasteiger charge is -2.32. The predicted octanol–water partition coefficient (Wildman–Crippen LogP) is 1.67. The number of fused-ring (bicyclic) bond motifs is 1. The van der Waals surface area contributed by atoms with Crippen molar-refractivity contribution in [2.75, 3.05) is 46.3 Å². The third-order valence-electron chi connectivity index (χ3n) is 3.34. The molecule has 116 valence electrons. The van der Waals surface area contributed by atoms with Gasteiger partial charge in [0.1, 0.15) is 17.3 Å². The Hall–Kier alpha value is -1.79. The largest absolute Gasteiger partial charge is 0.481 e. The molecule has 0 radical (unpaired) electrons. The van der Waals surface area contributed by atoms with Crippen LogP contribution < -0.4 is 10.5 Å². The predicted molar refractivity (Wildman–Crippen MR) is 83.4 cm³/mol. The maximum atomic E-state index is 5.93. The van der Waals surface area contributed by atoms with Crippen LogP contribution in [-0.2, 0) is 9.47 Å². The lowest BCUT2D eigenvalue weighted by molar-refractivity contribution is 0.139. The number of hydrogen-bond donors (Lipinski definition) is 1. The molecular formula is C15H23N3O3. The molecule has 0 saturated carbocycles. The number of anilines is 1. The average Bonchev–Trinajstić information content (AvgIpc) is 2.47. The maximum absolute atomic E-state index is 5.93. The van der Waals surface area contributed by atoms with E-state index in [0.29, 0.717) is 18.9 Å². The molecular weight excluding hydrogens is 270 g/mol. The van der Waals surface area contributed by atoms with Crippen LogP contribution in [0.4, 0.5) is 11.4 Å². The summed E-state index contributed by atoms with van der Waals surface area (Å²) in [5, 5.41) is 0. The molecule has 1 aromatic carbocycles. The van der Waals surface area contributed by atoms with Gasteiger partial charge in [-0.2, -0.15) is 0 Å². The van der Waals surface area contributed by atoms with Crippen molar-refractivity contribution < 1.29 is 14.2 Å². The number of nitrogens with two attached hydrogens (primary N) is 1. The van der Waals surface area contributed by atoms with E-state index in [4.69, 9.17) is 24.9 Å². The summed E-state index contributed by atoms with van der Waals surface area (Å²) in [5.41, 5.74) is 7.26. The molecule has 2 rings (SSSR count). The van der Waals surface area contributed by atoms with Crippen LogP contribution in [0.3, 0.4) is 0 Å². The van der Waals surface area contributed by atoms with E-state index in [1.165, 1.54) is 0 Å². The number of ether oxygens (including phenoxy) is 3. The van der Waals surface area contributed by atoms with Crippen LogP contribution in [0.15, 0.2) is 23.2 Å². The Morgan fingerprint density at radius 1 is 1.24 bits per heavy atom. The first-order chi connectivity index (χ1) is 10.2. The Morgan fingerprint density at radius 2 is 1.90 bits per heavy atom. The first-order valence-corrected chi connectivity index (χ1v) is 7.03. The van der Waals surface area contributed by atoms with Crippen molar-refractivity contribution in [3.05, 3.63) is 18.2 Å². The quantitative estimate of drug-likeness (QED) is 0.808. The summed E-state index contributed by atoms with van der Waals surface area (Å²) >= 11 is 0. The van der Waals surface area contributed by atoms with Crippen LogP contribution in [0.1, 0.15) is 6.92 Å². The van der Waals surface area contributed by atoms with Gasteiger partial charge in [-0.1, -0.05) is 0 Å². The first-order valence-electron chi connectivity index (χ1n) is 7.03. The summed E-state index contributed by atoms with van der Waals surface area (Å²) in [5.74, 6) is 1.64. The number of benzene rings is 1. The highest BCUT2D eigenvalue weighted by Gasteiger charge is 2.25. The van der Waals surface area contributed by atoms with Crippen LogP contribution in [0.2, 0.25) is 0 Å². The Bertz CT molecular complexity index is 497. The highest BCUT2D eigenvalue weighted by atomic mass is 16.5. The van der Waals surface area contributed by atoms with E-state index < -0.39 is 0 Å². The molecule has 0 amide bonds. The third kappa shape index (κ3) is 3.86. The van der Waals surface area contributed by atoms with Crippen molar-refractivity contribution >= 4 is 17.2 Å². The molecule has 0 spiro atoms. The number of amidine groups is 1. The number of hydrogen-bond acceptors (Lipinski definition) is 6. The van der Waals surface area contributed by atoms with Gasteiger partial charge in [-0.3, -0.25) is 0 Å². The molecule has 0 aromatic heterocycles. The van der Waals surface area contributed by atoms with Gasteiger partial charge in [0.15, 0.2) is 6.10 Å². The number of methoxy groups -OCH3 is 2. The van der Waals surface area contributed by atoms with E-state index in [0.717, 1.165) is 30.4 Å². The van der Waals surface area contributed by atoms with E-state index >= 15 is 0 Å². The number of aliphatic imine (C=N–C) groups is 1. The van der Waals surface area contributed by atoms with Crippen molar-refractivity contribution in [3.63, 3.8) is 0 Å². The molecule has 1 atom stereocenters. The fourth-order valence-corrected chi connectivity index (χ4v) is 2.25. The van der Waals surface area contributed by atoms with Crippen molar-refractivity contribution in [1.82, 2.24) is 4.90 Å². The fraction of sp³-hybridized carbons (Fsp3) is 0.533. The van der Waals surface area contributed by atoms with Crippen LogP contribution in [0, 0.1) is 0 Å². The monoisotopic (exact) mass is 293 g/mol. The SMILES string of the molecule is COCCN(CCOC)C1=Nc2cc(N)ccc2OC1C. The van der Waals surface area contributed by atoms with Crippen LogP contribution >= 0.6 is 0 Å². The molecule has 0 saturated heterocycles. The molecule has 6 heteroatoms. The van der Waals surface area contributed by atoms with E-state index in [1.807, 2.05) is 25.1 Å². The summed E-state index contributed by atoms with van der Waals surface area (Å²) in [4.78, 5) is 6.85. The molecule has 6 nitrogen and oxygen atoms in total. The van der Waals surface area contributed by atoms with Crippen LogP contribution in [-0.4, -0.2) is 57.4 Å². The Labute approximate surface area is 125 Å². The second-order valence-corrected chi connectivity index (χ2v) is 4.93. The van der Waals surface area contributed by atoms with Gasteiger partial charge in [0.25, 0.3) is 0 Å². The fourth-order valence-electron chi connectivity index (χ4n) is 2.25. The highest BCUT2D eigenvalue weighted by Crippen LogP contribution is 2.34. The standard InChI is InChI=1S/C15H23N3O3/c1-11-15(18(6-8-19-2)7-9-20-3)17-13-10-12(16)4-5-14(13)21-11/h4-5,10-11H,6-9,16H2,1-3H3. The minimum absolute atomic E-state index is 0.116. The molecule has 0 aliphatic carbocycles. The molecule has 0 fully saturated rings. The van der Waals surface area contributed by atoms with Crippen LogP contribution in [0.25, 0.3) is 0 Å².